The first-order valence-electron chi connectivity index (χ1n) is 5.32. The summed E-state index contributed by atoms with van der Waals surface area (Å²) in [4.78, 5) is 13.9. The van der Waals surface area contributed by atoms with Crippen LogP contribution in [0.3, 0.4) is 0 Å². The fourth-order valence-corrected chi connectivity index (χ4v) is 2.16. The van der Waals surface area contributed by atoms with E-state index in [0.29, 0.717) is 11.9 Å². The molecule has 2 aliphatic rings. The lowest BCUT2D eigenvalue weighted by Crippen LogP contribution is -2.36. The van der Waals surface area contributed by atoms with Gasteiger partial charge in [-0.3, -0.25) is 10.1 Å². The molecule has 1 heterocycles. The lowest BCUT2D eigenvalue weighted by Gasteiger charge is -2.19. The number of hydrogen-bond donors (Lipinski definition) is 1. The largest absolute Gasteiger partial charge is 0.323 e. The maximum absolute atomic E-state index is 11.9. The van der Waals surface area contributed by atoms with Crippen LogP contribution in [0, 0.1) is 0 Å². The predicted octanol–water partition coefficient (Wildman–Crippen LogP) is 1.10. The molecule has 2 fully saturated rings. The summed E-state index contributed by atoms with van der Waals surface area (Å²) in [5, 5.41) is 3.35. The second-order valence-electron chi connectivity index (χ2n) is 4.16. The highest BCUT2D eigenvalue weighted by Crippen LogP contribution is 2.31. The molecule has 1 N–H and O–H groups in total. The second kappa shape index (κ2) is 3.29. The van der Waals surface area contributed by atoms with Crippen molar-refractivity contribution in [3.63, 3.8) is 0 Å². The number of nitrogens with one attached hydrogen (secondary N) is 1. The number of nitrogens with zero attached hydrogens (tertiary/aromatic N) is 1. The van der Waals surface area contributed by atoms with Crippen molar-refractivity contribution in [2.24, 2.45) is 0 Å². The lowest BCUT2D eigenvalue weighted by molar-refractivity contribution is -0.130. The Kier molecular flexibility index (Phi) is 2.28. The first-order chi connectivity index (χ1) is 6.24. The van der Waals surface area contributed by atoms with Gasteiger partial charge in [-0.15, -0.1) is 0 Å². The maximum Gasteiger partial charge on any atom is 0.241 e. The number of rotatable bonds is 3. The van der Waals surface area contributed by atoms with E-state index in [-0.39, 0.29) is 12.2 Å². The molecule has 0 spiro atoms. The van der Waals surface area contributed by atoms with Crippen LogP contribution in [-0.2, 0) is 4.79 Å². The Morgan fingerprint density at radius 3 is 2.77 bits per heavy atom. The van der Waals surface area contributed by atoms with E-state index in [1.165, 1.54) is 12.8 Å². The molecule has 1 saturated heterocycles. The van der Waals surface area contributed by atoms with E-state index in [1.54, 1.807) is 0 Å². The predicted molar refractivity (Wildman–Crippen MR) is 51.2 cm³/mol. The Hall–Kier alpha value is -0.570. The molecule has 3 heteroatoms. The fourth-order valence-electron chi connectivity index (χ4n) is 2.16. The smallest absolute Gasteiger partial charge is 0.241 e. The van der Waals surface area contributed by atoms with E-state index in [1.807, 2.05) is 4.90 Å². The van der Waals surface area contributed by atoms with Gasteiger partial charge >= 0.3 is 0 Å². The molecule has 2 rings (SSSR count). The van der Waals surface area contributed by atoms with Crippen molar-refractivity contribution in [1.82, 2.24) is 10.2 Å². The standard InChI is InChI=1S/C10H18N2O/c1-3-4-9-10(13)12(7(2)11-9)8-5-6-8/h7-9,11H,3-6H2,1-2H3. The van der Waals surface area contributed by atoms with Crippen LogP contribution >= 0.6 is 0 Å². The topological polar surface area (TPSA) is 32.3 Å². The van der Waals surface area contributed by atoms with Gasteiger partial charge in [-0.1, -0.05) is 13.3 Å². The van der Waals surface area contributed by atoms with Crippen LogP contribution < -0.4 is 5.32 Å². The molecule has 1 aliphatic carbocycles. The van der Waals surface area contributed by atoms with Crippen LogP contribution in [0.2, 0.25) is 0 Å². The summed E-state index contributed by atoms with van der Waals surface area (Å²) in [5.41, 5.74) is 0. The summed E-state index contributed by atoms with van der Waals surface area (Å²) in [6.07, 6.45) is 4.73. The van der Waals surface area contributed by atoms with Gasteiger partial charge in [-0.2, -0.15) is 0 Å². The second-order valence-corrected chi connectivity index (χ2v) is 4.16. The third-order valence-electron chi connectivity index (χ3n) is 2.93. The maximum atomic E-state index is 11.9. The molecule has 1 aliphatic heterocycles. The summed E-state index contributed by atoms with van der Waals surface area (Å²) in [6.45, 7) is 4.21. The molecule has 0 aromatic heterocycles. The summed E-state index contributed by atoms with van der Waals surface area (Å²) in [6, 6.07) is 0.650. The van der Waals surface area contributed by atoms with Crippen LogP contribution in [-0.4, -0.2) is 29.1 Å². The Bertz CT molecular complexity index is 213. The molecule has 0 radical (unpaired) electrons. The highest BCUT2D eigenvalue weighted by molar-refractivity contribution is 5.84. The molecule has 1 saturated carbocycles. The molecule has 2 atom stereocenters. The van der Waals surface area contributed by atoms with E-state index in [4.69, 9.17) is 0 Å². The lowest BCUT2D eigenvalue weighted by atomic mass is 10.2. The minimum atomic E-state index is 0.0978. The minimum absolute atomic E-state index is 0.0978. The molecule has 13 heavy (non-hydrogen) atoms. The van der Waals surface area contributed by atoms with E-state index in [9.17, 15) is 4.79 Å². The summed E-state index contributed by atoms with van der Waals surface area (Å²) >= 11 is 0. The highest BCUT2D eigenvalue weighted by Gasteiger charge is 2.43. The number of amides is 1. The van der Waals surface area contributed by atoms with Crippen LogP contribution in [0.15, 0.2) is 0 Å². The molecule has 0 aromatic carbocycles. The Morgan fingerprint density at radius 1 is 1.54 bits per heavy atom. The average molecular weight is 182 g/mol. The zero-order valence-corrected chi connectivity index (χ0v) is 8.42. The normalized spacial score (nSPS) is 34.3. The van der Waals surface area contributed by atoms with Crippen molar-refractivity contribution in [2.45, 2.75) is 57.8 Å². The molecule has 3 nitrogen and oxygen atoms in total. The van der Waals surface area contributed by atoms with Gasteiger partial charge in [0.25, 0.3) is 0 Å². The van der Waals surface area contributed by atoms with Crippen molar-refractivity contribution < 1.29 is 4.79 Å². The number of hydrogen-bond acceptors (Lipinski definition) is 2. The van der Waals surface area contributed by atoms with Gasteiger partial charge in [0.05, 0.1) is 12.2 Å². The van der Waals surface area contributed by atoms with Crippen LogP contribution in [0.4, 0.5) is 0 Å². The third kappa shape index (κ3) is 1.57. The Morgan fingerprint density at radius 2 is 2.23 bits per heavy atom. The average Bonchev–Trinajstić information content (AvgIpc) is 2.84. The molecule has 0 bridgehead atoms. The summed E-state index contributed by atoms with van der Waals surface area (Å²) in [7, 11) is 0. The van der Waals surface area contributed by atoms with E-state index < -0.39 is 0 Å². The zero-order valence-electron chi connectivity index (χ0n) is 8.42. The molecule has 1 amide bonds. The van der Waals surface area contributed by atoms with Gasteiger partial charge in [-0.25, -0.2) is 0 Å². The van der Waals surface area contributed by atoms with Crippen molar-refractivity contribution in [3.05, 3.63) is 0 Å². The SMILES string of the molecule is CCCC1NC(C)N(C2CC2)C1=O. The highest BCUT2D eigenvalue weighted by atomic mass is 16.2. The molecule has 74 valence electrons. The van der Waals surface area contributed by atoms with Gasteiger partial charge in [-0.05, 0) is 26.2 Å². The van der Waals surface area contributed by atoms with Crippen molar-refractivity contribution in [2.75, 3.05) is 0 Å². The van der Waals surface area contributed by atoms with Crippen LogP contribution in [0.25, 0.3) is 0 Å². The van der Waals surface area contributed by atoms with E-state index in [0.717, 1.165) is 12.8 Å². The number of carbonyl (C=O) groups is 1. The molecule has 2 unspecified atom stereocenters. The zero-order chi connectivity index (χ0) is 9.42. The van der Waals surface area contributed by atoms with E-state index in [2.05, 4.69) is 19.2 Å². The monoisotopic (exact) mass is 182 g/mol. The molecular weight excluding hydrogens is 164 g/mol. The first kappa shape index (κ1) is 9.00. The van der Waals surface area contributed by atoms with Gasteiger partial charge in [0.1, 0.15) is 0 Å². The first-order valence-corrected chi connectivity index (χ1v) is 5.32. The van der Waals surface area contributed by atoms with E-state index >= 15 is 0 Å². The van der Waals surface area contributed by atoms with Crippen molar-refractivity contribution in [3.8, 4) is 0 Å². The van der Waals surface area contributed by atoms with Gasteiger partial charge in [0, 0.05) is 6.04 Å². The van der Waals surface area contributed by atoms with Gasteiger partial charge in [0.15, 0.2) is 0 Å². The molecular formula is C10H18N2O. The quantitative estimate of drug-likeness (QED) is 0.708. The Balaban J connectivity index is 2.00. The Labute approximate surface area is 79.5 Å². The minimum Gasteiger partial charge on any atom is -0.323 e. The van der Waals surface area contributed by atoms with Crippen LogP contribution in [0.1, 0.15) is 39.5 Å². The van der Waals surface area contributed by atoms with Crippen molar-refractivity contribution in [1.29, 1.82) is 0 Å². The molecule has 0 aromatic rings. The third-order valence-corrected chi connectivity index (χ3v) is 2.93. The van der Waals surface area contributed by atoms with Gasteiger partial charge < -0.3 is 4.90 Å². The van der Waals surface area contributed by atoms with Gasteiger partial charge in [0.2, 0.25) is 5.91 Å². The fraction of sp³-hybridized carbons (Fsp3) is 0.900. The summed E-state index contributed by atoms with van der Waals surface area (Å²) < 4.78 is 0. The van der Waals surface area contributed by atoms with Crippen LogP contribution in [0.5, 0.6) is 0 Å². The van der Waals surface area contributed by atoms with Crippen molar-refractivity contribution >= 4 is 5.91 Å². The number of carbonyl (C=O) groups excluding carboxylic acids is 1. The summed E-state index contributed by atoms with van der Waals surface area (Å²) in [5.74, 6) is 0.330.